The molecular formula is C31H30N4O5. The molecule has 6 rings (SSSR count). The van der Waals surface area contributed by atoms with E-state index in [0.717, 1.165) is 52.5 Å². The van der Waals surface area contributed by atoms with Crippen LogP contribution in [-0.2, 0) is 21.4 Å². The topological polar surface area (TPSA) is 125 Å². The Kier molecular flexibility index (Phi) is 6.54. The number of aliphatic carboxylic acids is 1. The first-order valence-electron chi connectivity index (χ1n) is 13.6. The highest BCUT2D eigenvalue weighted by Gasteiger charge is 2.61. The average molecular weight is 539 g/mol. The number of rotatable bonds is 7. The van der Waals surface area contributed by atoms with Crippen LogP contribution in [0.4, 0.5) is 11.5 Å². The minimum absolute atomic E-state index is 0.0425. The molecule has 204 valence electrons. The molecule has 1 aliphatic carbocycles. The zero-order chi connectivity index (χ0) is 27.9. The Morgan fingerprint density at radius 3 is 2.83 bits per heavy atom. The number of aryl methyl sites for hydroxylation is 1. The van der Waals surface area contributed by atoms with E-state index < -0.39 is 5.97 Å². The van der Waals surface area contributed by atoms with Crippen molar-refractivity contribution in [2.45, 2.75) is 37.5 Å². The summed E-state index contributed by atoms with van der Waals surface area (Å²) in [7, 11) is 2.00. The fraction of sp³-hybridized carbons (Fsp3) is 0.355. The molecule has 3 heterocycles. The van der Waals surface area contributed by atoms with Crippen LogP contribution in [0.25, 0.3) is 11.1 Å². The Labute approximate surface area is 232 Å². The average Bonchev–Trinajstić information content (AvgIpc) is 3.68. The Morgan fingerprint density at radius 2 is 2.00 bits per heavy atom. The van der Waals surface area contributed by atoms with Gasteiger partial charge in [0, 0.05) is 47.8 Å². The summed E-state index contributed by atoms with van der Waals surface area (Å²) < 4.78 is 11.8. The molecule has 0 bridgehead atoms. The molecule has 40 heavy (non-hydrogen) atoms. The largest absolute Gasteiger partial charge is 0.493 e. The predicted octanol–water partition coefficient (Wildman–Crippen LogP) is 4.54. The molecule has 2 atom stereocenters. The Bertz CT molecular complexity index is 1550. The molecule has 9 nitrogen and oxygen atoms in total. The summed E-state index contributed by atoms with van der Waals surface area (Å²) in [5.74, 6) is 1.20. The number of ether oxygens (including phenoxy) is 2. The lowest BCUT2D eigenvalue weighted by Crippen LogP contribution is -2.29. The van der Waals surface area contributed by atoms with E-state index in [1.165, 1.54) is 0 Å². The van der Waals surface area contributed by atoms with Crippen LogP contribution in [-0.4, -0.2) is 48.8 Å². The minimum atomic E-state index is -0.859. The van der Waals surface area contributed by atoms with Gasteiger partial charge in [0.2, 0.25) is 5.91 Å². The van der Waals surface area contributed by atoms with Gasteiger partial charge in [-0.2, -0.15) is 5.26 Å². The third kappa shape index (κ3) is 4.70. The predicted molar refractivity (Wildman–Crippen MR) is 149 cm³/mol. The normalized spacial score (nSPS) is 20.4. The first-order chi connectivity index (χ1) is 19.4. The number of carbonyl (C=O) groups is 2. The van der Waals surface area contributed by atoms with Gasteiger partial charge in [-0.25, -0.2) is 4.98 Å². The number of carboxylic acid groups (broad SMARTS) is 1. The number of carboxylic acids is 1. The maximum Gasteiger partial charge on any atom is 0.303 e. The van der Waals surface area contributed by atoms with Gasteiger partial charge < -0.3 is 24.8 Å². The van der Waals surface area contributed by atoms with Crippen LogP contribution in [0.2, 0.25) is 0 Å². The van der Waals surface area contributed by atoms with Crippen molar-refractivity contribution in [1.29, 1.82) is 5.26 Å². The van der Waals surface area contributed by atoms with E-state index in [9.17, 15) is 14.9 Å². The van der Waals surface area contributed by atoms with E-state index in [-0.39, 0.29) is 23.7 Å². The van der Waals surface area contributed by atoms with Gasteiger partial charge in [0.1, 0.15) is 12.4 Å². The van der Waals surface area contributed by atoms with Gasteiger partial charge in [0.05, 0.1) is 24.8 Å². The van der Waals surface area contributed by atoms with Gasteiger partial charge in [-0.05, 0) is 67.1 Å². The number of likely N-dealkylation sites (N-methyl/N-ethyl adjacent to an activating group) is 1. The number of benzene rings is 2. The number of fused-ring (bicyclic) bond motifs is 3. The number of nitrogens with one attached hydrogen (secondary N) is 1. The number of hydrogen-bond acceptors (Lipinski definition) is 7. The van der Waals surface area contributed by atoms with Crippen molar-refractivity contribution in [1.82, 2.24) is 4.98 Å². The molecule has 2 aromatic carbocycles. The second-order valence-electron chi connectivity index (χ2n) is 10.8. The second-order valence-corrected chi connectivity index (χ2v) is 10.8. The quantitative estimate of drug-likeness (QED) is 0.449. The molecular weight excluding hydrogens is 508 g/mol. The molecule has 3 aromatic rings. The molecule has 1 spiro atoms. The first-order valence-corrected chi connectivity index (χ1v) is 13.6. The molecule has 1 saturated carbocycles. The van der Waals surface area contributed by atoms with Crippen molar-refractivity contribution in [3.05, 3.63) is 65.4 Å². The molecule has 0 unspecified atom stereocenters. The third-order valence-corrected chi connectivity index (χ3v) is 8.26. The number of pyridine rings is 1. The molecule has 0 saturated heterocycles. The standard InChI is InChI=1S/C31H30N4O5/c1-35-10-12-40-27-15-22(18-33-29(27)35)21-7-8-26-23(14-21)31(9-11-39-26)16-24(31)30(38)34-25-13-19(17-32)5-6-20(25)3-2-4-28(36)37/h5-8,13-15,18,24H,2-4,9-12,16H2,1H3,(H,34,38)(H,36,37)/t24-,31-/m0/s1. The summed E-state index contributed by atoms with van der Waals surface area (Å²) in [5, 5.41) is 21.5. The van der Waals surface area contributed by atoms with Gasteiger partial charge in [-0.1, -0.05) is 12.1 Å². The molecule has 1 amide bonds. The Balaban J connectivity index is 1.25. The van der Waals surface area contributed by atoms with Crippen LogP contribution >= 0.6 is 0 Å². The van der Waals surface area contributed by atoms with E-state index in [0.29, 0.717) is 43.7 Å². The SMILES string of the molecule is CN1CCOc2cc(-c3ccc4c(c3)[C@]3(CCO4)C[C@H]3C(=O)Nc3cc(C#N)ccc3CCCC(=O)O)cnc21. The van der Waals surface area contributed by atoms with Crippen molar-refractivity contribution in [2.24, 2.45) is 5.92 Å². The smallest absolute Gasteiger partial charge is 0.303 e. The van der Waals surface area contributed by atoms with Crippen molar-refractivity contribution >= 4 is 23.4 Å². The van der Waals surface area contributed by atoms with E-state index in [1.807, 2.05) is 31.4 Å². The number of aromatic nitrogens is 1. The van der Waals surface area contributed by atoms with E-state index in [1.54, 1.807) is 18.2 Å². The summed E-state index contributed by atoms with van der Waals surface area (Å²) in [5.41, 5.74) is 4.48. The molecule has 2 aliphatic heterocycles. The van der Waals surface area contributed by atoms with Crippen LogP contribution in [0.3, 0.4) is 0 Å². The summed E-state index contributed by atoms with van der Waals surface area (Å²) in [6.45, 7) is 1.96. The van der Waals surface area contributed by atoms with Crippen LogP contribution in [0, 0.1) is 17.2 Å². The van der Waals surface area contributed by atoms with Crippen LogP contribution < -0.4 is 19.7 Å². The van der Waals surface area contributed by atoms with Gasteiger partial charge in [0.15, 0.2) is 11.6 Å². The summed E-state index contributed by atoms with van der Waals surface area (Å²) in [4.78, 5) is 31.3. The van der Waals surface area contributed by atoms with Crippen LogP contribution in [0.1, 0.15) is 42.4 Å². The number of amides is 1. The molecule has 3 aliphatic rings. The zero-order valence-corrected chi connectivity index (χ0v) is 22.3. The number of nitriles is 1. The number of nitrogens with zero attached hydrogens (tertiary/aromatic N) is 3. The number of anilines is 2. The maximum absolute atomic E-state index is 13.6. The first kappa shape index (κ1) is 25.7. The highest BCUT2D eigenvalue weighted by molar-refractivity contribution is 5.97. The van der Waals surface area contributed by atoms with Crippen molar-refractivity contribution in [3.8, 4) is 28.7 Å². The van der Waals surface area contributed by atoms with E-state index in [4.69, 9.17) is 14.6 Å². The number of carbonyl (C=O) groups excluding carboxylic acids is 1. The lowest BCUT2D eigenvalue weighted by molar-refractivity contribution is -0.137. The minimum Gasteiger partial charge on any atom is -0.493 e. The molecule has 9 heteroatoms. The van der Waals surface area contributed by atoms with Crippen molar-refractivity contribution in [3.63, 3.8) is 0 Å². The second kappa shape index (κ2) is 10.2. The lowest BCUT2D eigenvalue weighted by atomic mass is 9.85. The maximum atomic E-state index is 13.6. The third-order valence-electron chi connectivity index (χ3n) is 8.26. The molecule has 0 radical (unpaired) electrons. The van der Waals surface area contributed by atoms with Gasteiger partial charge in [-0.3, -0.25) is 9.59 Å². The Morgan fingerprint density at radius 1 is 1.15 bits per heavy atom. The summed E-state index contributed by atoms with van der Waals surface area (Å²) in [6.07, 6.45) is 4.29. The Hall–Kier alpha value is -4.58. The van der Waals surface area contributed by atoms with E-state index >= 15 is 0 Å². The van der Waals surface area contributed by atoms with E-state index in [2.05, 4.69) is 27.3 Å². The summed E-state index contributed by atoms with van der Waals surface area (Å²) in [6, 6.07) is 15.4. The van der Waals surface area contributed by atoms with Gasteiger partial charge >= 0.3 is 5.97 Å². The van der Waals surface area contributed by atoms with Gasteiger partial charge in [0.25, 0.3) is 0 Å². The van der Waals surface area contributed by atoms with Crippen LogP contribution in [0.15, 0.2) is 48.7 Å². The molecule has 1 aromatic heterocycles. The highest BCUT2D eigenvalue weighted by atomic mass is 16.5. The highest BCUT2D eigenvalue weighted by Crippen LogP contribution is 2.61. The number of hydrogen-bond donors (Lipinski definition) is 2. The van der Waals surface area contributed by atoms with Crippen molar-refractivity contribution < 1.29 is 24.2 Å². The fourth-order valence-corrected chi connectivity index (χ4v) is 5.94. The molecule has 2 N–H and O–H groups in total. The van der Waals surface area contributed by atoms with Gasteiger partial charge in [-0.15, -0.1) is 0 Å². The van der Waals surface area contributed by atoms with Crippen LogP contribution in [0.5, 0.6) is 11.5 Å². The molecule has 1 fully saturated rings. The monoisotopic (exact) mass is 538 g/mol. The zero-order valence-electron chi connectivity index (χ0n) is 22.3. The summed E-state index contributed by atoms with van der Waals surface area (Å²) >= 11 is 0. The van der Waals surface area contributed by atoms with Crippen molar-refractivity contribution in [2.75, 3.05) is 37.0 Å². The lowest BCUT2D eigenvalue weighted by Gasteiger charge is -2.28. The fourth-order valence-electron chi connectivity index (χ4n) is 5.94.